The van der Waals surface area contributed by atoms with E-state index in [1.165, 1.54) is 10.8 Å². The quantitative estimate of drug-likeness (QED) is 0.377. The number of amides is 1. The van der Waals surface area contributed by atoms with E-state index < -0.39 is 15.9 Å². The van der Waals surface area contributed by atoms with Crippen LogP contribution in [0.2, 0.25) is 0 Å². The molecule has 0 saturated heterocycles. The lowest BCUT2D eigenvalue weighted by Crippen LogP contribution is -2.44. The molecule has 4 aromatic rings. The molecule has 0 radical (unpaired) electrons. The highest BCUT2D eigenvalue weighted by atomic mass is 32.2. The molecular weight excluding hydrogens is 494 g/mol. The van der Waals surface area contributed by atoms with Crippen molar-refractivity contribution >= 4 is 44.0 Å². The molecule has 0 aliphatic carbocycles. The lowest BCUT2D eigenvalue weighted by atomic mass is 10.1. The number of anilines is 3. The van der Waals surface area contributed by atoms with Crippen molar-refractivity contribution in [3.05, 3.63) is 82.3 Å². The molecule has 0 atom stereocenters. The van der Waals surface area contributed by atoms with Crippen LogP contribution in [0, 0.1) is 6.92 Å². The number of fused-ring (bicyclic) bond motifs is 2. The van der Waals surface area contributed by atoms with E-state index in [2.05, 4.69) is 9.97 Å². The van der Waals surface area contributed by atoms with Gasteiger partial charge < -0.3 is 9.64 Å². The molecule has 3 heterocycles. The Kier molecular flexibility index (Phi) is 6.16. The van der Waals surface area contributed by atoms with Gasteiger partial charge >= 0.3 is 6.09 Å². The molecule has 0 unspecified atom stereocenters. The fraction of sp³-hybridized carbons (Fsp3) is 0.231. The number of para-hydroxylation sites is 1. The Morgan fingerprint density at radius 2 is 1.81 bits per heavy atom. The van der Waals surface area contributed by atoms with Crippen LogP contribution >= 0.6 is 0 Å². The lowest BCUT2D eigenvalue weighted by molar-refractivity contribution is 0.147. The van der Waals surface area contributed by atoms with Gasteiger partial charge in [0.2, 0.25) is 15.0 Å². The first-order chi connectivity index (χ1) is 17.6. The van der Waals surface area contributed by atoms with Gasteiger partial charge in [-0.3, -0.25) is 14.3 Å². The number of pyridine rings is 1. The van der Waals surface area contributed by atoms with Crippen LogP contribution in [0.5, 0.6) is 0 Å². The van der Waals surface area contributed by atoms with Crippen molar-refractivity contribution in [2.75, 3.05) is 29.1 Å². The van der Waals surface area contributed by atoms with E-state index in [0.29, 0.717) is 35.5 Å². The SMILES string of the molecule is Cc1cccc2c1N(C(=O)OCc1ccccc1)CCN2c1cc2cnc(S(C)(=O)=O)nc2n(C)c1=O. The fourth-order valence-electron chi connectivity index (χ4n) is 4.46. The Labute approximate surface area is 213 Å². The number of nitrogens with zero attached hydrogens (tertiary/aromatic N) is 5. The fourth-order valence-corrected chi connectivity index (χ4v) is 4.96. The summed E-state index contributed by atoms with van der Waals surface area (Å²) in [7, 11) is -2.09. The van der Waals surface area contributed by atoms with E-state index in [1.807, 2.05) is 60.4 Å². The molecule has 10 nitrogen and oxygen atoms in total. The number of aromatic nitrogens is 3. The summed E-state index contributed by atoms with van der Waals surface area (Å²) in [5.41, 5.74) is 3.34. The number of carbonyl (C=O) groups is 1. The number of ether oxygens (including phenoxy) is 1. The highest BCUT2D eigenvalue weighted by Crippen LogP contribution is 2.39. The molecule has 0 bridgehead atoms. The Bertz CT molecular complexity index is 1690. The molecule has 2 aromatic heterocycles. The Hall–Kier alpha value is -4.25. The van der Waals surface area contributed by atoms with Crippen LogP contribution in [0.15, 0.2) is 70.7 Å². The first-order valence-electron chi connectivity index (χ1n) is 11.6. The zero-order valence-electron chi connectivity index (χ0n) is 20.6. The molecule has 190 valence electrons. The molecule has 1 amide bonds. The monoisotopic (exact) mass is 519 g/mol. The molecule has 11 heteroatoms. The molecule has 37 heavy (non-hydrogen) atoms. The average Bonchev–Trinajstić information content (AvgIpc) is 2.89. The average molecular weight is 520 g/mol. The number of sulfone groups is 1. The molecule has 2 aromatic carbocycles. The Morgan fingerprint density at radius 1 is 1.05 bits per heavy atom. The van der Waals surface area contributed by atoms with Crippen LogP contribution in [0.25, 0.3) is 11.0 Å². The van der Waals surface area contributed by atoms with Crippen LogP contribution in [0.4, 0.5) is 21.9 Å². The smallest absolute Gasteiger partial charge is 0.414 e. The zero-order valence-corrected chi connectivity index (χ0v) is 21.4. The maximum absolute atomic E-state index is 13.4. The minimum absolute atomic E-state index is 0.155. The van der Waals surface area contributed by atoms with Crippen molar-refractivity contribution in [2.24, 2.45) is 7.05 Å². The summed E-state index contributed by atoms with van der Waals surface area (Å²) in [4.78, 5) is 38.0. The third kappa shape index (κ3) is 4.53. The van der Waals surface area contributed by atoms with Crippen LogP contribution in [-0.2, 0) is 28.2 Å². The number of carbonyl (C=O) groups excluding carboxylic acids is 1. The van der Waals surface area contributed by atoms with Gasteiger partial charge in [-0.1, -0.05) is 42.5 Å². The second kappa shape index (κ2) is 9.32. The van der Waals surface area contributed by atoms with Crippen molar-refractivity contribution in [3.63, 3.8) is 0 Å². The van der Waals surface area contributed by atoms with Gasteiger partial charge in [-0.2, -0.15) is 4.98 Å². The summed E-state index contributed by atoms with van der Waals surface area (Å²) in [5, 5.41) is 0.176. The maximum Gasteiger partial charge on any atom is 0.414 e. The summed E-state index contributed by atoms with van der Waals surface area (Å²) in [6, 6.07) is 16.7. The van der Waals surface area contributed by atoms with Gasteiger partial charge in [0.15, 0.2) is 0 Å². The van der Waals surface area contributed by atoms with E-state index in [9.17, 15) is 18.0 Å². The zero-order chi connectivity index (χ0) is 26.3. The third-order valence-corrected chi connectivity index (χ3v) is 7.14. The van der Waals surface area contributed by atoms with Crippen LogP contribution in [-0.4, -0.2) is 48.4 Å². The van der Waals surface area contributed by atoms with Crippen molar-refractivity contribution in [3.8, 4) is 0 Å². The normalized spacial score (nSPS) is 13.5. The summed E-state index contributed by atoms with van der Waals surface area (Å²) in [5.74, 6) is 0. The largest absolute Gasteiger partial charge is 0.444 e. The topological polar surface area (TPSA) is 115 Å². The lowest BCUT2D eigenvalue weighted by Gasteiger charge is -2.38. The summed E-state index contributed by atoms with van der Waals surface area (Å²) in [6.07, 6.45) is 1.95. The van der Waals surface area contributed by atoms with E-state index in [-0.39, 0.29) is 23.0 Å². The van der Waals surface area contributed by atoms with Gasteiger partial charge in [0.1, 0.15) is 17.9 Å². The maximum atomic E-state index is 13.4. The van der Waals surface area contributed by atoms with Gasteiger partial charge in [-0.15, -0.1) is 0 Å². The summed E-state index contributed by atoms with van der Waals surface area (Å²) < 4.78 is 30.7. The second-order valence-corrected chi connectivity index (χ2v) is 10.8. The molecule has 0 spiro atoms. The van der Waals surface area contributed by atoms with Gasteiger partial charge in [0, 0.05) is 38.0 Å². The van der Waals surface area contributed by atoms with Crippen molar-refractivity contribution in [1.29, 1.82) is 0 Å². The van der Waals surface area contributed by atoms with Crippen LogP contribution < -0.4 is 15.4 Å². The number of aryl methyl sites for hydroxylation is 2. The third-order valence-electron chi connectivity index (χ3n) is 6.28. The molecule has 1 aliphatic heterocycles. The number of benzene rings is 2. The Morgan fingerprint density at radius 3 is 2.54 bits per heavy atom. The van der Waals surface area contributed by atoms with Gasteiger partial charge in [0.05, 0.1) is 11.4 Å². The number of hydrogen-bond acceptors (Lipinski definition) is 8. The van der Waals surface area contributed by atoms with Gasteiger partial charge in [-0.05, 0) is 30.2 Å². The van der Waals surface area contributed by atoms with E-state index in [1.54, 1.807) is 18.0 Å². The van der Waals surface area contributed by atoms with E-state index in [0.717, 1.165) is 17.4 Å². The van der Waals surface area contributed by atoms with E-state index >= 15 is 0 Å². The Balaban J connectivity index is 1.53. The standard InChI is InChI=1S/C26H25N5O5S/c1-17-8-7-11-20-22(17)31(26(33)36-16-18-9-5-4-6-10-18)13-12-30(20)21-14-19-15-27-25(37(3,34)35)28-23(19)29(2)24(21)32/h4-11,14-15H,12-13,16H2,1-3H3. The first-order valence-corrected chi connectivity index (χ1v) is 13.5. The predicted molar refractivity (Wildman–Crippen MR) is 140 cm³/mol. The molecule has 0 saturated carbocycles. The highest BCUT2D eigenvalue weighted by molar-refractivity contribution is 7.90. The summed E-state index contributed by atoms with van der Waals surface area (Å²) in [6.45, 7) is 2.71. The van der Waals surface area contributed by atoms with Gasteiger partial charge in [0.25, 0.3) is 5.56 Å². The van der Waals surface area contributed by atoms with Crippen LogP contribution in [0.3, 0.4) is 0 Å². The van der Waals surface area contributed by atoms with Crippen molar-refractivity contribution in [1.82, 2.24) is 14.5 Å². The van der Waals surface area contributed by atoms with Crippen molar-refractivity contribution in [2.45, 2.75) is 18.7 Å². The highest BCUT2D eigenvalue weighted by Gasteiger charge is 2.31. The van der Waals surface area contributed by atoms with Crippen molar-refractivity contribution < 1.29 is 17.9 Å². The van der Waals surface area contributed by atoms with Crippen LogP contribution in [0.1, 0.15) is 11.1 Å². The summed E-state index contributed by atoms with van der Waals surface area (Å²) >= 11 is 0. The van der Waals surface area contributed by atoms with E-state index in [4.69, 9.17) is 4.74 Å². The molecule has 0 N–H and O–H groups in total. The second-order valence-electron chi connectivity index (χ2n) is 8.88. The molecule has 5 rings (SSSR count). The molecule has 0 fully saturated rings. The number of hydrogen-bond donors (Lipinski definition) is 0. The predicted octanol–water partition coefficient (Wildman–Crippen LogP) is 3.34. The minimum atomic E-state index is -3.63. The minimum Gasteiger partial charge on any atom is -0.444 e. The molecule has 1 aliphatic rings. The first kappa shape index (κ1) is 24.4. The number of rotatable bonds is 4. The van der Waals surface area contributed by atoms with Gasteiger partial charge in [-0.25, -0.2) is 18.2 Å². The molecular formula is C26H25N5O5S.